The van der Waals surface area contributed by atoms with Crippen molar-refractivity contribution in [2.24, 2.45) is 5.92 Å². The van der Waals surface area contributed by atoms with E-state index in [0.29, 0.717) is 12.5 Å². The van der Waals surface area contributed by atoms with Crippen molar-refractivity contribution >= 4 is 43.3 Å². The van der Waals surface area contributed by atoms with Gasteiger partial charge in [-0.15, -0.1) is 11.3 Å². The summed E-state index contributed by atoms with van der Waals surface area (Å²) in [5.41, 5.74) is -0.783. The number of anilines is 1. The second-order valence-corrected chi connectivity index (χ2v) is 11.1. The molecule has 0 bridgehead atoms. The van der Waals surface area contributed by atoms with Gasteiger partial charge in [0.15, 0.2) is 0 Å². The van der Waals surface area contributed by atoms with Crippen molar-refractivity contribution in [1.82, 2.24) is 14.6 Å². The molecule has 2 aromatic heterocycles. The number of alkyl halides is 3. The number of piperazine rings is 1. The second-order valence-electron chi connectivity index (χ2n) is 8.15. The number of nitrogens with zero attached hydrogens (tertiary/aromatic N) is 3. The van der Waals surface area contributed by atoms with Crippen LogP contribution in [0.1, 0.15) is 28.8 Å². The number of hydrogen-bond donors (Lipinski definition) is 1. The molecule has 1 aliphatic heterocycles. The molecule has 1 N–H and O–H groups in total. The molecule has 0 radical (unpaired) electrons. The predicted octanol–water partition coefficient (Wildman–Crippen LogP) is 2.55. The van der Waals surface area contributed by atoms with Crippen molar-refractivity contribution in [1.29, 1.82) is 0 Å². The van der Waals surface area contributed by atoms with Crippen molar-refractivity contribution in [3.8, 4) is 0 Å². The Morgan fingerprint density at radius 2 is 1.97 bits per heavy atom. The first-order valence-corrected chi connectivity index (χ1v) is 13.1. The summed E-state index contributed by atoms with van der Waals surface area (Å²) in [7, 11) is -2.12. The van der Waals surface area contributed by atoms with E-state index in [1.807, 2.05) is 0 Å². The Kier molecular flexibility index (Phi) is 6.85. The highest BCUT2D eigenvalue weighted by Crippen LogP contribution is 2.40. The molecule has 1 aliphatic carbocycles. The topological polar surface area (TPSA) is 91.8 Å². The summed E-state index contributed by atoms with van der Waals surface area (Å²) in [6.07, 6.45) is -2.37. The van der Waals surface area contributed by atoms with Crippen LogP contribution in [0.15, 0.2) is 11.4 Å². The molecular formula is C20H25F3N4O4S2. The molecule has 3 heterocycles. The van der Waals surface area contributed by atoms with Gasteiger partial charge in [-0.2, -0.15) is 17.5 Å². The van der Waals surface area contributed by atoms with E-state index in [1.54, 1.807) is 4.90 Å². The van der Waals surface area contributed by atoms with Gasteiger partial charge in [0, 0.05) is 45.2 Å². The average molecular weight is 507 g/mol. The molecule has 4 rings (SSSR count). The molecule has 8 nitrogen and oxygen atoms in total. The van der Waals surface area contributed by atoms with Gasteiger partial charge < -0.3 is 15.0 Å². The number of pyridine rings is 1. The lowest BCUT2D eigenvalue weighted by molar-refractivity contribution is -0.136. The molecule has 33 heavy (non-hydrogen) atoms. The highest BCUT2D eigenvalue weighted by molar-refractivity contribution is 7.89. The van der Waals surface area contributed by atoms with Crippen molar-refractivity contribution in [2.75, 3.05) is 57.1 Å². The third kappa shape index (κ3) is 5.42. The number of amides is 1. The summed E-state index contributed by atoms with van der Waals surface area (Å²) in [6, 6.07) is 0.975. The molecule has 1 amide bonds. The summed E-state index contributed by atoms with van der Waals surface area (Å²) < 4.78 is 73.1. The quantitative estimate of drug-likeness (QED) is 0.554. The summed E-state index contributed by atoms with van der Waals surface area (Å²) in [6.45, 7) is 1.37. The number of ether oxygens (including phenoxy) is 1. The zero-order chi connectivity index (χ0) is 23.8. The monoisotopic (exact) mass is 506 g/mol. The number of hydrogen-bond acceptors (Lipinski definition) is 7. The van der Waals surface area contributed by atoms with Gasteiger partial charge in [0.05, 0.1) is 33.7 Å². The van der Waals surface area contributed by atoms with Crippen LogP contribution < -0.4 is 10.2 Å². The minimum Gasteiger partial charge on any atom is -0.380 e. The molecule has 0 atom stereocenters. The van der Waals surface area contributed by atoms with Gasteiger partial charge >= 0.3 is 6.18 Å². The minimum atomic E-state index is -4.62. The molecule has 2 aromatic rings. The standard InChI is InChI=1S/C20H25F3N4O4S2/c1-24-19(28)14-12-32-18-15(20(21,22)23)10-16(25-17(14)18)26-4-6-27(7-5-26)33(29,30)9-8-31-11-13-2-3-13/h10,12-13H,2-9,11H2,1H3,(H,24,28). The molecular weight excluding hydrogens is 481 g/mol. The van der Waals surface area contributed by atoms with Gasteiger partial charge in [0.25, 0.3) is 5.91 Å². The van der Waals surface area contributed by atoms with E-state index in [1.165, 1.54) is 16.7 Å². The van der Waals surface area contributed by atoms with Gasteiger partial charge in [-0.3, -0.25) is 4.79 Å². The number of carbonyl (C=O) groups excluding carboxylic acids is 1. The molecule has 1 saturated heterocycles. The van der Waals surface area contributed by atoms with Crippen LogP contribution in [0.3, 0.4) is 0 Å². The number of fused-ring (bicyclic) bond motifs is 1. The van der Waals surface area contributed by atoms with Gasteiger partial charge in [0.2, 0.25) is 10.0 Å². The van der Waals surface area contributed by atoms with Crippen molar-refractivity contribution in [3.05, 3.63) is 22.6 Å². The van der Waals surface area contributed by atoms with Crippen LogP contribution in [0.5, 0.6) is 0 Å². The molecule has 0 aromatic carbocycles. The van der Waals surface area contributed by atoms with E-state index in [0.717, 1.165) is 30.2 Å². The maximum Gasteiger partial charge on any atom is 0.417 e. The Labute approximate surface area is 193 Å². The van der Waals surface area contributed by atoms with Crippen LogP contribution in [0.2, 0.25) is 0 Å². The number of aromatic nitrogens is 1. The average Bonchev–Trinajstić information content (AvgIpc) is 3.51. The molecule has 1 saturated carbocycles. The summed E-state index contributed by atoms with van der Waals surface area (Å²) >= 11 is 0.824. The van der Waals surface area contributed by atoms with Crippen molar-refractivity contribution in [3.63, 3.8) is 0 Å². The van der Waals surface area contributed by atoms with E-state index in [4.69, 9.17) is 4.74 Å². The van der Waals surface area contributed by atoms with E-state index < -0.39 is 27.7 Å². The Bertz CT molecular complexity index is 1120. The van der Waals surface area contributed by atoms with E-state index in [9.17, 15) is 26.4 Å². The number of nitrogens with one attached hydrogen (secondary N) is 1. The van der Waals surface area contributed by atoms with Crippen LogP contribution in [-0.4, -0.2) is 75.8 Å². The van der Waals surface area contributed by atoms with Crippen LogP contribution in [0, 0.1) is 5.92 Å². The fourth-order valence-corrected chi connectivity index (χ4v) is 6.02. The lowest BCUT2D eigenvalue weighted by atomic mass is 10.1. The van der Waals surface area contributed by atoms with Gasteiger partial charge in [-0.05, 0) is 24.8 Å². The highest BCUT2D eigenvalue weighted by atomic mass is 32.2. The number of halogens is 3. The number of carbonyl (C=O) groups is 1. The third-order valence-corrected chi connectivity index (χ3v) is 8.62. The predicted molar refractivity (Wildman–Crippen MR) is 119 cm³/mol. The molecule has 13 heteroatoms. The molecule has 182 valence electrons. The lowest BCUT2D eigenvalue weighted by Crippen LogP contribution is -2.50. The van der Waals surface area contributed by atoms with Crippen molar-refractivity contribution in [2.45, 2.75) is 19.0 Å². The maximum atomic E-state index is 13.7. The van der Waals surface area contributed by atoms with Crippen LogP contribution in [0.25, 0.3) is 10.2 Å². The first kappa shape index (κ1) is 24.2. The molecule has 0 unspecified atom stereocenters. The van der Waals surface area contributed by atoms with E-state index in [2.05, 4.69) is 10.3 Å². The summed E-state index contributed by atoms with van der Waals surface area (Å²) in [5, 5.41) is 3.79. The van der Waals surface area contributed by atoms with Crippen LogP contribution in [0.4, 0.5) is 19.0 Å². The summed E-state index contributed by atoms with van der Waals surface area (Å²) in [4.78, 5) is 18.1. The maximum absolute atomic E-state index is 13.7. The minimum absolute atomic E-state index is 0.00737. The Morgan fingerprint density at radius 3 is 2.58 bits per heavy atom. The zero-order valence-electron chi connectivity index (χ0n) is 18.0. The lowest BCUT2D eigenvalue weighted by Gasteiger charge is -2.35. The fourth-order valence-electron chi connectivity index (χ4n) is 3.69. The van der Waals surface area contributed by atoms with Crippen molar-refractivity contribution < 1.29 is 31.1 Å². The number of sulfonamides is 1. The van der Waals surface area contributed by atoms with E-state index >= 15 is 0 Å². The van der Waals surface area contributed by atoms with E-state index in [-0.39, 0.29) is 60.1 Å². The van der Waals surface area contributed by atoms with Gasteiger partial charge in [-0.25, -0.2) is 13.4 Å². The molecule has 0 spiro atoms. The van der Waals surface area contributed by atoms with Gasteiger partial charge in [0.1, 0.15) is 5.82 Å². The Balaban J connectivity index is 1.49. The number of rotatable bonds is 8. The first-order valence-electron chi connectivity index (χ1n) is 10.6. The van der Waals surface area contributed by atoms with Crippen LogP contribution in [-0.2, 0) is 20.9 Å². The number of thiophene rings is 1. The normalized spacial score (nSPS) is 18.1. The smallest absolute Gasteiger partial charge is 0.380 e. The zero-order valence-corrected chi connectivity index (χ0v) is 19.7. The highest BCUT2D eigenvalue weighted by Gasteiger charge is 2.36. The summed E-state index contributed by atoms with van der Waals surface area (Å²) in [5.74, 6) is -0.0103. The molecule has 2 aliphatic rings. The SMILES string of the molecule is CNC(=O)c1csc2c(C(F)(F)F)cc(N3CCN(S(=O)(=O)CCOCC4CC4)CC3)nc12. The Morgan fingerprint density at radius 1 is 1.27 bits per heavy atom. The largest absolute Gasteiger partial charge is 0.417 e. The Hall–Kier alpha value is -1.96. The van der Waals surface area contributed by atoms with Gasteiger partial charge in [-0.1, -0.05) is 0 Å². The fraction of sp³-hybridized carbons (Fsp3) is 0.600. The first-order chi connectivity index (χ1) is 15.6. The van der Waals surface area contributed by atoms with Crippen LogP contribution >= 0.6 is 11.3 Å². The second kappa shape index (κ2) is 9.35. The molecule has 2 fully saturated rings. The third-order valence-electron chi connectivity index (χ3n) is 5.78.